The highest BCUT2D eigenvalue weighted by atomic mass is 19.4. The summed E-state index contributed by atoms with van der Waals surface area (Å²) in [7, 11) is 0. The molecule has 0 bridgehead atoms. The predicted octanol–water partition coefficient (Wildman–Crippen LogP) is 4.20. The molecular weight excluding hydrogens is 325 g/mol. The number of halogens is 3. The first kappa shape index (κ1) is 17.6. The number of benzene rings is 1. The summed E-state index contributed by atoms with van der Waals surface area (Å²) in [5.41, 5.74) is 1.77. The highest BCUT2D eigenvalue weighted by Gasteiger charge is 2.31. The monoisotopic (exact) mass is 340 g/mol. The van der Waals surface area contributed by atoms with Gasteiger partial charge in [-0.05, 0) is 37.6 Å². The standard InChI is InChI=1S/C16H15F3N2O3/c1-4-12-13(20-21(9(2)3)14(12)15(22)23)10-5-7-11(8-6-10)24-16(17,18)19/h5-8H,2,4H2,1,3H3,(H,22,23). The highest BCUT2D eigenvalue weighted by Crippen LogP contribution is 2.30. The van der Waals surface area contributed by atoms with Crippen LogP contribution in [0.3, 0.4) is 0 Å². The van der Waals surface area contributed by atoms with Crippen molar-refractivity contribution < 1.29 is 27.8 Å². The van der Waals surface area contributed by atoms with Gasteiger partial charge >= 0.3 is 12.3 Å². The Balaban J connectivity index is 2.50. The molecule has 0 aliphatic carbocycles. The second-order valence-corrected chi connectivity index (χ2v) is 5.05. The molecule has 0 fully saturated rings. The molecule has 24 heavy (non-hydrogen) atoms. The van der Waals surface area contributed by atoms with Crippen molar-refractivity contribution in [2.24, 2.45) is 0 Å². The zero-order valence-electron chi connectivity index (χ0n) is 13.0. The second kappa shape index (κ2) is 6.38. The Labute approximate surface area is 136 Å². The Bertz CT molecular complexity index is 777. The highest BCUT2D eigenvalue weighted by molar-refractivity contribution is 5.91. The predicted molar refractivity (Wildman–Crippen MR) is 81.7 cm³/mol. The normalized spacial score (nSPS) is 11.4. The lowest BCUT2D eigenvalue weighted by Crippen LogP contribution is -2.16. The molecule has 1 aromatic heterocycles. The lowest BCUT2D eigenvalue weighted by atomic mass is 10.0. The van der Waals surface area contributed by atoms with Crippen molar-refractivity contribution in [3.63, 3.8) is 0 Å². The molecule has 2 rings (SSSR count). The zero-order chi connectivity index (χ0) is 18.1. The smallest absolute Gasteiger partial charge is 0.477 e. The fourth-order valence-corrected chi connectivity index (χ4v) is 2.33. The van der Waals surface area contributed by atoms with Gasteiger partial charge in [0.2, 0.25) is 0 Å². The van der Waals surface area contributed by atoms with Crippen LogP contribution >= 0.6 is 0 Å². The maximum absolute atomic E-state index is 12.2. The molecular formula is C16H15F3N2O3. The van der Waals surface area contributed by atoms with Crippen LogP contribution < -0.4 is 4.74 Å². The Morgan fingerprint density at radius 1 is 1.33 bits per heavy atom. The number of rotatable bonds is 5. The molecule has 0 amide bonds. The van der Waals surface area contributed by atoms with Gasteiger partial charge in [0.15, 0.2) is 5.69 Å². The number of carbonyl (C=O) groups is 1. The third kappa shape index (κ3) is 3.58. The number of aromatic nitrogens is 2. The van der Waals surface area contributed by atoms with Gasteiger partial charge in [-0.2, -0.15) is 5.10 Å². The molecule has 0 unspecified atom stereocenters. The molecule has 1 aromatic carbocycles. The molecule has 0 aliphatic heterocycles. The number of nitrogens with zero attached hydrogens (tertiary/aromatic N) is 2. The number of allylic oxidation sites excluding steroid dienone is 1. The topological polar surface area (TPSA) is 64.4 Å². The van der Waals surface area contributed by atoms with Gasteiger partial charge < -0.3 is 9.84 Å². The number of alkyl halides is 3. The van der Waals surface area contributed by atoms with Crippen LogP contribution in [0.1, 0.15) is 29.9 Å². The zero-order valence-corrected chi connectivity index (χ0v) is 13.0. The van der Waals surface area contributed by atoms with Crippen LogP contribution in [-0.2, 0) is 6.42 Å². The van der Waals surface area contributed by atoms with Crippen LogP contribution in [0, 0.1) is 0 Å². The summed E-state index contributed by atoms with van der Waals surface area (Å²) in [6.07, 6.45) is -4.38. The van der Waals surface area contributed by atoms with Crippen LogP contribution in [0.15, 0.2) is 30.8 Å². The number of carboxylic acids is 1. The summed E-state index contributed by atoms with van der Waals surface area (Å²) in [6, 6.07) is 5.11. The second-order valence-electron chi connectivity index (χ2n) is 5.05. The minimum absolute atomic E-state index is 0.00406. The van der Waals surface area contributed by atoms with Gasteiger partial charge in [0.05, 0.1) is 5.69 Å². The maximum Gasteiger partial charge on any atom is 0.573 e. The molecule has 0 spiro atoms. The van der Waals surface area contributed by atoms with Crippen molar-refractivity contribution >= 4 is 11.7 Å². The molecule has 1 heterocycles. The molecule has 0 radical (unpaired) electrons. The van der Waals surface area contributed by atoms with Gasteiger partial charge in [-0.1, -0.05) is 13.5 Å². The lowest BCUT2D eigenvalue weighted by molar-refractivity contribution is -0.274. The van der Waals surface area contributed by atoms with Gasteiger partial charge in [-0.25, -0.2) is 9.48 Å². The quantitative estimate of drug-likeness (QED) is 0.886. The number of hydrogen-bond acceptors (Lipinski definition) is 3. The largest absolute Gasteiger partial charge is 0.573 e. The molecule has 0 saturated carbocycles. The molecule has 2 aromatic rings. The van der Waals surface area contributed by atoms with Gasteiger partial charge in [0, 0.05) is 16.8 Å². The van der Waals surface area contributed by atoms with E-state index in [1.54, 1.807) is 13.8 Å². The first-order valence-electron chi connectivity index (χ1n) is 7.01. The van der Waals surface area contributed by atoms with Crippen molar-refractivity contribution in [2.75, 3.05) is 0 Å². The van der Waals surface area contributed by atoms with Crippen LogP contribution in [0.2, 0.25) is 0 Å². The maximum atomic E-state index is 12.2. The summed E-state index contributed by atoms with van der Waals surface area (Å²) in [4.78, 5) is 11.5. The van der Waals surface area contributed by atoms with E-state index >= 15 is 0 Å². The molecule has 0 atom stereocenters. The fourth-order valence-electron chi connectivity index (χ4n) is 2.33. The van der Waals surface area contributed by atoms with E-state index in [0.717, 1.165) is 12.1 Å². The van der Waals surface area contributed by atoms with E-state index in [9.17, 15) is 23.1 Å². The van der Waals surface area contributed by atoms with Crippen molar-refractivity contribution in [1.29, 1.82) is 0 Å². The minimum Gasteiger partial charge on any atom is -0.477 e. The average Bonchev–Trinajstić information content (AvgIpc) is 2.86. The van der Waals surface area contributed by atoms with Crippen LogP contribution in [-0.4, -0.2) is 27.2 Å². The average molecular weight is 340 g/mol. The Kier molecular flexibility index (Phi) is 4.68. The van der Waals surface area contributed by atoms with Gasteiger partial charge in [0.25, 0.3) is 0 Å². The van der Waals surface area contributed by atoms with Crippen LogP contribution in [0.4, 0.5) is 13.2 Å². The molecule has 8 heteroatoms. The summed E-state index contributed by atoms with van der Waals surface area (Å²) >= 11 is 0. The summed E-state index contributed by atoms with van der Waals surface area (Å²) < 4.78 is 41.7. The van der Waals surface area contributed by atoms with E-state index in [-0.39, 0.29) is 11.4 Å². The van der Waals surface area contributed by atoms with Crippen molar-refractivity contribution in [2.45, 2.75) is 26.6 Å². The van der Waals surface area contributed by atoms with Gasteiger partial charge in [0.1, 0.15) is 5.75 Å². The fraction of sp³-hybridized carbons (Fsp3) is 0.250. The molecule has 0 aliphatic rings. The molecule has 128 valence electrons. The first-order valence-corrected chi connectivity index (χ1v) is 7.01. The van der Waals surface area contributed by atoms with Crippen molar-refractivity contribution in [3.8, 4) is 17.0 Å². The van der Waals surface area contributed by atoms with E-state index < -0.39 is 12.3 Å². The SMILES string of the molecule is C=C(C)n1nc(-c2ccc(OC(F)(F)F)cc2)c(CC)c1C(=O)O. The third-order valence-electron chi connectivity index (χ3n) is 3.26. The number of ether oxygens (including phenoxy) is 1. The van der Waals surface area contributed by atoms with Gasteiger partial charge in [-0.15, -0.1) is 13.2 Å². The number of hydrogen-bond donors (Lipinski definition) is 1. The summed E-state index contributed by atoms with van der Waals surface area (Å²) in [6.45, 7) is 7.09. The molecule has 5 nitrogen and oxygen atoms in total. The number of carboxylic acid groups (broad SMARTS) is 1. The Morgan fingerprint density at radius 2 is 1.92 bits per heavy atom. The van der Waals surface area contributed by atoms with E-state index in [1.807, 2.05) is 0 Å². The van der Waals surface area contributed by atoms with E-state index in [0.29, 0.717) is 28.9 Å². The summed E-state index contributed by atoms with van der Waals surface area (Å²) in [5.74, 6) is -1.51. The van der Waals surface area contributed by atoms with Gasteiger partial charge in [-0.3, -0.25) is 0 Å². The van der Waals surface area contributed by atoms with Crippen LogP contribution in [0.25, 0.3) is 17.0 Å². The third-order valence-corrected chi connectivity index (χ3v) is 3.26. The first-order chi connectivity index (χ1) is 11.1. The van der Waals surface area contributed by atoms with E-state index in [4.69, 9.17) is 0 Å². The van der Waals surface area contributed by atoms with Crippen LogP contribution in [0.5, 0.6) is 5.75 Å². The lowest BCUT2D eigenvalue weighted by Gasteiger charge is -2.09. The van der Waals surface area contributed by atoms with Crippen molar-refractivity contribution in [3.05, 3.63) is 42.1 Å². The minimum atomic E-state index is -4.77. The van der Waals surface area contributed by atoms with E-state index in [2.05, 4.69) is 16.4 Å². The Morgan fingerprint density at radius 3 is 2.33 bits per heavy atom. The van der Waals surface area contributed by atoms with Crippen molar-refractivity contribution in [1.82, 2.24) is 9.78 Å². The summed E-state index contributed by atoms with van der Waals surface area (Å²) in [5, 5.41) is 13.7. The molecule has 1 N–H and O–H groups in total. The number of aromatic carboxylic acids is 1. The molecule has 0 saturated heterocycles. The van der Waals surface area contributed by atoms with E-state index in [1.165, 1.54) is 16.8 Å². The Hall–Kier alpha value is -2.77.